The molecule has 0 unspecified atom stereocenters. The Morgan fingerprint density at radius 2 is 1.69 bits per heavy atom. The van der Waals surface area contributed by atoms with Crippen molar-refractivity contribution in [1.29, 1.82) is 0 Å². The van der Waals surface area contributed by atoms with Crippen LogP contribution >= 0.6 is 0 Å². The summed E-state index contributed by atoms with van der Waals surface area (Å²) >= 11 is 0. The molecule has 0 aromatic heterocycles. The molecule has 0 heterocycles. The zero-order valence-corrected chi connectivity index (χ0v) is 8.39. The fourth-order valence-corrected chi connectivity index (χ4v) is 1.53. The van der Waals surface area contributed by atoms with Crippen molar-refractivity contribution in [1.82, 2.24) is 0 Å². The van der Waals surface area contributed by atoms with Crippen molar-refractivity contribution >= 4 is 43.7 Å². The number of aliphatic carboxylic acids is 1. The predicted octanol–water partition coefficient (Wildman–Crippen LogP) is 2.15. The molecule has 0 amide bonds. The molecule has 0 rings (SSSR count). The van der Waals surface area contributed by atoms with Crippen molar-refractivity contribution in [3.8, 4) is 0 Å². The van der Waals surface area contributed by atoms with Crippen LogP contribution in [0.5, 0.6) is 0 Å². The Hall–Kier alpha value is 0.730. The van der Waals surface area contributed by atoms with Gasteiger partial charge in [0.1, 0.15) is 0 Å². The van der Waals surface area contributed by atoms with Crippen LogP contribution in [0.2, 0.25) is 0 Å². The van der Waals surface area contributed by atoms with E-state index in [0.717, 1.165) is 32.1 Å². The Labute approximate surface area is 111 Å². The molecule has 0 aromatic rings. The van der Waals surface area contributed by atoms with Gasteiger partial charge in [-0.3, -0.25) is 4.79 Å². The van der Waals surface area contributed by atoms with E-state index >= 15 is 0 Å². The molecule has 0 spiro atoms. The van der Waals surface area contributed by atoms with E-state index < -0.39 is 11.4 Å². The maximum absolute atomic E-state index is 11.0. The van der Waals surface area contributed by atoms with Crippen LogP contribution in [0, 0.1) is 5.41 Å². The summed E-state index contributed by atoms with van der Waals surface area (Å²) in [5.74, 6) is -0.624. The number of carbonyl (C=O) groups is 1. The molecule has 2 nitrogen and oxygen atoms in total. The van der Waals surface area contributed by atoms with Gasteiger partial charge in [-0.05, 0) is 19.3 Å². The molecule has 0 fully saturated rings. The average molecular weight is 214 g/mol. The molecule has 76 valence electrons. The van der Waals surface area contributed by atoms with Gasteiger partial charge in [0, 0.05) is 0 Å². The number of carboxylic acids is 1. The van der Waals surface area contributed by atoms with E-state index in [1.165, 1.54) is 0 Å². The predicted molar refractivity (Wildman–Crippen MR) is 58.7 cm³/mol. The van der Waals surface area contributed by atoms with Gasteiger partial charge < -0.3 is 5.11 Å². The van der Waals surface area contributed by atoms with Gasteiger partial charge >= 0.3 is 43.7 Å². The fraction of sp³-hybridized carbons (Fsp3) is 0.900. The Bertz CT molecular complexity index is 142. The molecule has 1 N–H and O–H groups in total. The van der Waals surface area contributed by atoms with Gasteiger partial charge in [0.15, 0.2) is 0 Å². The van der Waals surface area contributed by atoms with Crippen molar-refractivity contribution < 1.29 is 9.90 Å². The van der Waals surface area contributed by atoms with Crippen molar-refractivity contribution in [3.63, 3.8) is 0 Å². The van der Waals surface area contributed by atoms with Crippen molar-refractivity contribution in [2.24, 2.45) is 5.41 Å². The maximum atomic E-state index is 11.0. The summed E-state index contributed by atoms with van der Waals surface area (Å²) in [6.07, 6.45) is 4.42. The first-order valence-corrected chi connectivity index (χ1v) is 4.86. The quantitative estimate of drug-likeness (QED) is 0.688. The average Bonchev–Trinajstić information content (AvgIpc) is 2.07. The number of hydrogen-bond acceptors (Lipinski definition) is 1. The number of carboxylic acid groups (broad SMARTS) is 1. The summed E-state index contributed by atoms with van der Waals surface area (Å²) < 4.78 is 0. The van der Waals surface area contributed by atoms with Crippen LogP contribution in [-0.2, 0) is 4.79 Å². The van der Waals surface area contributed by atoms with Crippen LogP contribution in [0.4, 0.5) is 0 Å². The molecule has 0 atom stereocenters. The molecule has 0 aromatic carbocycles. The Balaban J connectivity index is 0. The normalized spacial score (nSPS) is 10.7. The molecule has 0 aliphatic rings. The van der Waals surface area contributed by atoms with Crippen molar-refractivity contribution in [3.05, 3.63) is 0 Å². The zero-order valence-electron chi connectivity index (χ0n) is 8.39. The molecular weight excluding hydrogens is 192 g/mol. The van der Waals surface area contributed by atoms with Crippen LogP contribution in [0.3, 0.4) is 0 Å². The Kier molecular flexibility index (Phi) is 10.0. The van der Waals surface area contributed by atoms with Gasteiger partial charge in [0.2, 0.25) is 0 Å². The monoisotopic (exact) mass is 214 g/mol. The summed E-state index contributed by atoms with van der Waals surface area (Å²) in [5, 5.41) is 9.05. The third-order valence-corrected chi connectivity index (χ3v) is 2.82. The summed E-state index contributed by atoms with van der Waals surface area (Å²) in [6.45, 7) is 6.03. The van der Waals surface area contributed by atoms with Gasteiger partial charge in [-0.15, -0.1) is 0 Å². The third-order valence-electron chi connectivity index (χ3n) is 2.82. The van der Waals surface area contributed by atoms with E-state index in [0.29, 0.717) is 0 Å². The van der Waals surface area contributed by atoms with Crippen LogP contribution in [-0.4, -0.2) is 48.8 Å². The van der Waals surface area contributed by atoms with E-state index in [1.54, 1.807) is 0 Å². The van der Waals surface area contributed by atoms with Crippen LogP contribution in [0.15, 0.2) is 0 Å². The molecule has 0 saturated heterocycles. The van der Waals surface area contributed by atoms with Gasteiger partial charge in [-0.2, -0.15) is 0 Å². The number of rotatable bonds is 6. The minimum atomic E-state index is -0.624. The summed E-state index contributed by atoms with van der Waals surface area (Å²) in [4.78, 5) is 11.0. The number of unbranched alkanes of at least 4 members (excludes halogenated alkanes) is 1. The van der Waals surface area contributed by atoms with E-state index in [4.69, 9.17) is 5.11 Å². The van der Waals surface area contributed by atoms with Crippen LogP contribution in [0.25, 0.3) is 0 Å². The summed E-state index contributed by atoms with van der Waals surface area (Å²) in [5.41, 5.74) is -0.448. The molecule has 0 aliphatic carbocycles. The van der Waals surface area contributed by atoms with E-state index in [2.05, 4.69) is 6.92 Å². The number of hydrogen-bond donors (Lipinski definition) is 1. The Morgan fingerprint density at radius 3 is 1.92 bits per heavy atom. The van der Waals surface area contributed by atoms with Crippen LogP contribution < -0.4 is 0 Å². The van der Waals surface area contributed by atoms with E-state index in [1.807, 2.05) is 13.8 Å². The second-order valence-corrected chi connectivity index (χ2v) is 3.40. The van der Waals surface area contributed by atoms with Gasteiger partial charge in [-0.1, -0.05) is 33.6 Å². The van der Waals surface area contributed by atoms with Gasteiger partial charge in [0.05, 0.1) is 5.41 Å². The standard InChI is InChI=1S/C10H20O2.Ca.2H/c1-4-7-8-10(5-2,6-3)9(11)12;;;/h4-8H2,1-3H3,(H,11,12);;;. The molecule has 3 heteroatoms. The van der Waals surface area contributed by atoms with E-state index in [-0.39, 0.29) is 37.7 Å². The molecule has 0 saturated carbocycles. The molecule has 0 radical (unpaired) electrons. The third kappa shape index (κ3) is 4.66. The second-order valence-electron chi connectivity index (χ2n) is 3.40. The van der Waals surface area contributed by atoms with Crippen LogP contribution in [0.1, 0.15) is 52.9 Å². The SMILES string of the molecule is CCCCC(CC)(CC)C(=O)O.[CaH2]. The fourth-order valence-electron chi connectivity index (χ4n) is 1.53. The Morgan fingerprint density at radius 1 is 1.23 bits per heavy atom. The first-order chi connectivity index (χ1) is 5.63. The first-order valence-electron chi connectivity index (χ1n) is 4.86. The molecule has 0 aliphatic heterocycles. The minimum absolute atomic E-state index is 0. The second kappa shape index (κ2) is 8.07. The van der Waals surface area contributed by atoms with Gasteiger partial charge in [0.25, 0.3) is 0 Å². The molecule has 0 bridgehead atoms. The summed E-state index contributed by atoms with van der Waals surface area (Å²) in [6, 6.07) is 0. The zero-order chi connectivity index (χ0) is 9.61. The molecular formula is C10H22CaO2. The van der Waals surface area contributed by atoms with Crippen molar-refractivity contribution in [2.45, 2.75) is 52.9 Å². The summed E-state index contributed by atoms with van der Waals surface area (Å²) in [7, 11) is 0. The molecule has 13 heavy (non-hydrogen) atoms. The van der Waals surface area contributed by atoms with Crippen molar-refractivity contribution in [2.75, 3.05) is 0 Å². The topological polar surface area (TPSA) is 37.3 Å². The first kappa shape index (κ1) is 16.2. The van der Waals surface area contributed by atoms with E-state index in [9.17, 15) is 4.79 Å². The van der Waals surface area contributed by atoms with Gasteiger partial charge in [-0.25, -0.2) is 0 Å².